The molecule has 2 unspecified atom stereocenters. The lowest BCUT2D eigenvalue weighted by Crippen LogP contribution is -2.46. The van der Waals surface area contributed by atoms with E-state index < -0.39 is 11.5 Å². The van der Waals surface area contributed by atoms with Crippen LogP contribution in [0.2, 0.25) is 0 Å². The van der Waals surface area contributed by atoms with E-state index in [1.165, 1.54) is 13.2 Å². The Labute approximate surface area is 91.1 Å². The van der Waals surface area contributed by atoms with Gasteiger partial charge in [0.25, 0.3) is 0 Å². The molecule has 1 rings (SSSR count). The van der Waals surface area contributed by atoms with Crippen LogP contribution in [-0.2, 0) is 9.53 Å². The highest BCUT2D eigenvalue weighted by Crippen LogP contribution is 2.46. The first-order chi connectivity index (χ1) is 6.97. The third-order valence-corrected chi connectivity index (χ3v) is 3.18. The van der Waals surface area contributed by atoms with Gasteiger partial charge in [-0.1, -0.05) is 19.9 Å². The Bertz CT molecular complexity index is 256. The van der Waals surface area contributed by atoms with Gasteiger partial charge in [-0.3, -0.25) is 4.79 Å². The average molecular weight is 212 g/mol. The van der Waals surface area contributed by atoms with Crippen LogP contribution in [-0.4, -0.2) is 23.8 Å². The Morgan fingerprint density at radius 3 is 2.40 bits per heavy atom. The number of carbonyl (C=O) groups is 1. The van der Waals surface area contributed by atoms with E-state index >= 15 is 0 Å². The van der Waals surface area contributed by atoms with E-state index in [0.717, 1.165) is 12.8 Å². The van der Waals surface area contributed by atoms with E-state index in [-0.39, 0.29) is 17.8 Å². The molecule has 0 aromatic heterocycles. The molecule has 3 nitrogen and oxygen atoms in total. The average Bonchev–Trinajstić information content (AvgIpc) is 3.00. The van der Waals surface area contributed by atoms with Gasteiger partial charge in [0.05, 0.1) is 18.6 Å². The van der Waals surface area contributed by atoms with Crippen LogP contribution in [0, 0.1) is 17.8 Å². The number of carbonyl (C=O) groups excluding carboxylic acids is 1. The summed E-state index contributed by atoms with van der Waals surface area (Å²) in [6.07, 6.45) is 3.43. The van der Waals surface area contributed by atoms with Crippen LogP contribution in [0.4, 0.5) is 0 Å². The van der Waals surface area contributed by atoms with Crippen LogP contribution < -0.4 is 0 Å². The molecule has 3 heteroatoms. The maximum atomic E-state index is 11.7. The van der Waals surface area contributed by atoms with Crippen molar-refractivity contribution in [2.75, 3.05) is 7.11 Å². The molecule has 0 saturated heterocycles. The molecule has 0 aromatic carbocycles. The number of rotatable bonds is 5. The van der Waals surface area contributed by atoms with Crippen molar-refractivity contribution in [3.63, 3.8) is 0 Å². The van der Waals surface area contributed by atoms with Gasteiger partial charge in [0.15, 0.2) is 0 Å². The Hall–Kier alpha value is -0.830. The molecule has 0 heterocycles. The zero-order chi connectivity index (χ0) is 11.6. The predicted octanol–water partition coefficient (Wildman–Crippen LogP) is 1.76. The summed E-state index contributed by atoms with van der Waals surface area (Å²) >= 11 is 0. The number of ether oxygens (including phenoxy) is 1. The Balaban J connectivity index is 2.94. The number of hydrogen-bond donors (Lipinski definition) is 1. The Kier molecular flexibility index (Phi) is 3.55. The van der Waals surface area contributed by atoms with E-state index in [1.54, 1.807) is 0 Å². The molecule has 0 amide bonds. The summed E-state index contributed by atoms with van der Waals surface area (Å²) in [5, 5.41) is 10.5. The van der Waals surface area contributed by atoms with Crippen molar-refractivity contribution in [3.8, 4) is 0 Å². The smallest absolute Gasteiger partial charge is 0.312 e. The second kappa shape index (κ2) is 4.35. The molecule has 1 fully saturated rings. The van der Waals surface area contributed by atoms with E-state index in [9.17, 15) is 9.90 Å². The van der Waals surface area contributed by atoms with Crippen molar-refractivity contribution in [3.05, 3.63) is 12.7 Å². The Morgan fingerprint density at radius 1 is 1.60 bits per heavy atom. The first kappa shape index (κ1) is 12.2. The highest BCUT2D eigenvalue weighted by molar-refractivity contribution is 5.74. The van der Waals surface area contributed by atoms with Gasteiger partial charge in [0.1, 0.15) is 0 Å². The lowest BCUT2D eigenvalue weighted by molar-refractivity contribution is -0.157. The van der Waals surface area contributed by atoms with Crippen molar-refractivity contribution < 1.29 is 14.6 Å². The van der Waals surface area contributed by atoms with E-state index in [1.807, 2.05) is 13.8 Å². The molecule has 1 N–H and O–H groups in total. The van der Waals surface area contributed by atoms with Crippen molar-refractivity contribution >= 4 is 5.97 Å². The summed E-state index contributed by atoms with van der Waals surface area (Å²) in [7, 11) is 1.36. The van der Waals surface area contributed by atoms with Gasteiger partial charge in [0.2, 0.25) is 0 Å². The highest BCUT2D eigenvalue weighted by atomic mass is 16.5. The second-order valence-corrected chi connectivity index (χ2v) is 4.61. The summed E-state index contributed by atoms with van der Waals surface area (Å²) in [5.41, 5.74) is -1.10. The summed E-state index contributed by atoms with van der Waals surface area (Å²) in [6, 6.07) is 0. The third kappa shape index (κ3) is 2.23. The van der Waals surface area contributed by atoms with Gasteiger partial charge in [-0.25, -0.2) is 0 Å². The summed E-state index contributed by atoms with van der Waals surface area (Å²) in [5.74, 6) is -0.644. The summed E-state index contributed by atoms with van der Waals surface area (Å²) in [4.78, 5) is 11.7. The highest BCUT2D eigenvalue weighted by Gasteiger charge is 2.51. The fraction of sp³-hybridized carbons (Fsp3) is 0.750. The minimum Gasteiger partial charge on any atom is -0.469 e. The third-order valence-electron chi connectivity index (χ3n) is 3.18. The molecule has 86 valence electrons. The predicted molar refractivity (Wildman–Crippen MR) is 58.2 cm³/mol. The number of esters is 1. The normalized spacial score (nSPS) is 21.9. The van der Waals surface area contributed by atoms with Gasteiger partial charge in [0, 0.05) is 0 Å². The topological polar surface area (TPSA) is 46.5 Å². The summed E-state index contributed by atoms with van der Waals surface area (Å²) in [6.45, 7) is 7.49. The first-order valence-electron chi connectivity index (χ1n) is 5.41. The Morgan fingerprint density at radius 2 is 2.13 bits per heavy atom. The maximum absolute atomic E-state index is 11.7. The van der Waals surface area contributed by atoms with Gasteiger partial charge in [-0.15, -0.1) is 6.58 Å². The van der Waals surface area contributed by atoms with Gasteiger partial charge in [-0.05, 0) is 24.7 Å². The van der Waals surface area contributed by atoms with Crippen LogP contribution >= 0.6 is 0 Å². The van der Waals surface area contributed by atoms with Crippen LogP contribution in [0.15, 0.2) is 12.7 Å². The first-order valence-corrected chi connectivity index (χ1v) is 5.41. The molecule has 0 aliphatic heterocycles. The minimum atomic E-state index is -1.10. The molecular weight excluding hydrogens is 192 g/mol. The molecule has 1 aliphatic carbocycles. The molecule has 1 saturated carbocycles. The molecule has 0 bridgehead atoms. The molecule has 0 radical (unpaired) electrons. The second-order valence-electron chi connectivity index (χ2n) is 4.61. The summed E-state index contributed by atoms with van der Waals surface area (Å²) < 4.78 is 4.75. The van der Waals surface area contributed by atoms with Crippen molar-refractivity contribution in [2.45, 2.75) is 32.3 Å². The van der Waals surface area contributed by atoms with Gasteiger partial charge < -0.3 is 9.84 Å². The van der Waals surface area contributed by atoms with Crippen LogP contribution in [0.5, 0.6) is 0 Å². The van der Waals surface area contributed by atoms with Crippen LogP contribution in [0.3, 0.4) is 0 Å². The van der Waals surface area contributed by atoms with E-state index in [2.05, 4.69) is 6.58 Å². The molecular formula is C12H20O3. The largest absolute Gasteiger partial charge is 0.469 e. The van der Waals surface area contributed by atoms with Crippen LogP contribution in [0.1, 0.15) is 26.7 Å². The van der Waals surface area contributed by atoms with E-state index in [4.69, 9.17) is 4.74 Å². The van der Waals surface area contributed by atoms with Crippen molar-refractivity contribution in [1.29, 1.82) is 0 Å². The van der Waals surface area contributed by atoms with Crippen molar-refractivity contribution in [1.82, 2.24) is 0 Å². The van der Waals surface area contributed by atoms with Crippen LogP contribution in [0.25, 0.3) is 0 Å². The van der Waals surface area contributed by atoms with E-state index in [0.29, 0.717) is 0 Å². The maximum Gasteiger partial charge on any atom is 0.312 e. The molecule has 15 heavy (non-hydrogen) atoms. The quantitative estimate of drug-likeness (QED) is 0.558. The number of hydrogen-bond acceptors (Lipinski definition) is 3. The monoisotopic (exact) mass is 212 g/mol. The number of methoxy groups -OCH3 is 1. The SMILES string of the molecule is C=CC(O)(C1CC1)C(C(=O)OC)C(C)C. The zero-order valence-corrected chi connectivity index (χ0v) is 9.69. The lowest BCUT2D eigenvalue weighted by atomic mass is 9.76. The molecule has 0 aromatic rings. The number of aliphatic hydroxyl groups is 1. The lowest BCUT2D eigenvalue weighted by Gasteiger charge is -2.34. The van der Waals surface area contributed by atoms with Gasteiger partial charge in [-0.2, -0.15) is 0 Å². The molecule has 2 atom stereocenters. The standard InChI is InChI=1S/C12H20O3/c1-5-12(14,9-6-7-9)10(8(2)3)11(13)15-4/h5,8-10,14H,1,6-7H2,2-4H3. The fourth-order valence-electron chi connectivity index (χ4n) is 2.22. The molecule has 0 spiro atoms. The minimum absolute atomic E-state index is 0.0426. The van der Waals surface area contributed by atoms with Crippen molar-refractivity contribution in [2.24, 2.45) is 17.8 Å². The fourth-order valence-corrected chi connectivity index (χ4v) is 2.22. The zero-order valence-electron chi connectivity index (χ0n) is 9.69. The van der Waals surface area contributed by atoms with Gasteiger partial charge >= 0.3 is 5.97 Å². The molecule has 1 aliphatic rings.